The van der Waals surface area contributed by atoms with E-state index in [0.717, 1.165) is 5.57 Å². The van der Waals surface area contributed by atoms with Crippen LogP contribution in [-0.2, 0) is 4.79 Å². The van der Waals surface area contributed by atoms with Crippen LogP contribution < -0.4 is 0 Å². The predicted molar refractivity (Wildman–Crippen MR) is 52.5 cm³/mol. The van der Waals surface area contributed by atoms with Gasteiger partial charge in [-0.05, 0) is 13.8 Å². The third-order valence-corrected chi connectivity index (χ3v) is 3.10. The fourth-order valence-corrected chi connectivity index (χ4v) is 2.05. The van der Waals surface area contributed by atoms with Gasteiger partial charge < -0.3 is 5.11 Å². The van der Waals surface area contributed by atoms with Gasteiger partial charge in [-0.25, -0.2) is 0 Å². The van der Waals surface area contributed by atoms with E-state index < -0.39 is 0 Å². The molecule has 0 atom stereocenters. The number of carbonyl (C=O) groups excluding carboxylic acids is 1. The Hall–Kier alpha value is -0.390. The Morgan fingerprint density at radius 1 is 1.67 bits per heavy atom. The second-order valence-corrected chi connectivity index (χ2v) is 4.22. The van der Waals surface area contributed by atoms with Crippen LogP contribution in [0.15, 0.2) is 10.5 Å². The number of hydrogen-bond acceptors (Lipinski definition) is 4. The Bertz CT molecular complexity index is 269. The second kappa shape index (κ2) is 3.55. The van der Waals surface area contributed by atoms with Crippen LogP contribution in [0.3, 0.4) is 0 Å². The highest BCUT2D eigenvalue weighted by Gasteiger charge is 2.31. The van der Waals surface area contributed by atoms with Crippen molar-refractivity contribution in [3.8, 4) is 0 Å². The Labute approximate surface area is 80.4 Å². The largest absolute Gasteiger partial charge is 0.376 e. The van der Waals surface area contributed by atoms with Crippen molar-refractivity contribution in [2.24, 2.45) is 0 Å². The van der Waals surface area contributed by atoms with E-state index in [0.29, 0.717) is 9.23 Å². The van der Waals surface area contributed by atoms with Crippen molar-refractivity contribution in [1.82, 2.24) is 4.90 Å². The number of thiocarbonyl (C=S) groups is 1. The number of carbonyl (C=O) groups is 1. The molecular formula is C7H9NO2S2. The van der Waals surface area contributed by atoms with Crippen LogP contribution in [-0.4, -0.2) is 27.0 Å². The first-order valence-corrected chi connectivity index (χ1v) is 4.62. The van der Waals surface area contributed by atoms with E-state index in [2.05, 4.69) is 0 Å². The second-order valence-electron chi connectivity index (χ2n) is 2.57. The van der Waals surface area contributed by atoms with Crippen LogP contribution in [0.1, 0.15) is 13.8 Å². The van der Waals surface area contributed by atoms with Gasteiger partial charge in [0, 0.05) is 0 Å². The van der Waals surface area contributed by atoms with Crippen LogP contribution in [0.4, 0.5) is 0 Å². The molecule has 0 spiro atoms. The smallest absolute Gasteiger partial charge is 0.268 e. The van der Waals surface area contributed by atoms with Gasteiger partial charge in [0.2, 0.25) is 0 Å². The normalized spacial score (nSPS) is 17.6. The summed E-state index contributed by atoms with van der Waals surface area (Å²) in [6.07, 6.45) is 0. The number of thioether (sulfide) groups is 1. The van der Waals surface area contributed by atoms with Gasteiger partial charge in [-0.1, -0.05) is 29.6 Å². The summed E-state index contributed by atoms with van der Waals surface area (Å²) in [5.74, 6) is -0.187. The molecule has 1 rings (SSSR count). The zero-order valence-corrected chi connectivity index (χ0v) is 8.46. The van der Waals surface area contributed by atoms with Crippen molar-refractivity contribution in [2.75, 3.05) is 6.73 Å². The molecule has 0 aromatic carbocycles. The number of rotatable bonds is 1. The Kier molecular flexibility index (Phi) is 2.87. The first kappa shape index (κ1) is 9.70. The molecule has 0 radical (unpaired) electrons. The van der Waals surface area contributed by atoms with E-state index in [-0.39, 0.29) is 12.6 Å². The lowest BCUT2D eigenvalue weighted by Gasteiger charge is -2.08. The molecule has 1 fully saturated rings. The molecule has 1 aliphatic rings. The monoisotopic (exact) mass is 203 g/mol. The van der Waals surface area contributed by atoms with Gasteiger partial charge in [0.15, 0.2) is 0 Å². The summed E-state index contributed by atoms with van der Waals surface area (Å²) in [5, 5.41) is 8.79. The first-order valence-electron chi connectivity index (χ1n) is 3.40. The van der Waals surface area contributed by atoms with Gasteiger partial charge in [-0.2, -0.15) is 0 Å². The zero-order valence-electron chi connectivity index (χ0n) is 6.83. The molecule has 12 heavy (non-hydrogen) atoms. The minimum Gasteiger partial charge on any atom is -0.376 e. The van der Waals surface area contributed by atoms with E-state index in [4.69, 9.17) is 17.3 Å². The predicted octanol–water partition coefficient (Wildman–Crippen LogP) is 1.09. The maximum Gasteiger partial charge on any atom is 0.268 e. The molecule has 66 valence electrons. The Morgan fingerprint density at radius 3 is 2.50 bits per heavy atom. The summed E-state index contributed by atoms with van der Waals surface area (Å²) in [7, 11) is 0. The number of aliphatic hydroxyl groups is 1. The highest BCUT2D eigenvalue weighted by molar-refractivity contribution is 8.26. The van der Waals surface area contributed by atoms with Gasteiger partial charge in [0.1, 0.15) is 11.1 Å². The maximum atomic E-state index is 11.4. The summed E-state index contributed by atoms with van der Waals surface area (Å²) < 4.78 is 0.429. The SMILES string of the molecule is CC(C)=C1SC(=S)N(CO)C1=O. The maximum absolute atomic E-state index is 11.4. The molecule has 5 heteroatoms. The van der Waals surface area contributed by atoms with Crippen molar-refractivity contribution < 1.29 is 9.90 Å². The van der Waals surface area contributed by atoms with Gasteiger partial charge in [0.25, 0.3) is 5.91 Å². The fourth-order valence-electron chi connectivity index (χ4n) is 0.829. The van der Waals surface area contributed by atoms with Crippen molar-refractivity contribution in [1.29, 1.82) is 0 Å². The molecule has 0 saturated carbocycles. The van der Waals surface area contributed by atoms with Crippen molar-refractivity contribution in [3.05, 3.63) is 10.5 Å². The molecule has 1 amide bonds. The van der Waals surface area contributed by atoms with Crippen LogP contribution in [0.25, 0.3) is 0 Å². The van der Waals surface area contributed by atoms with E-state index in [1.54, 1.807) is 0 Å². The van der Waals surface area contributed by atoms with Crippen molar-refractivity contribution in [3.63, 3.8) is 0 Å². The minimum atomic E-state index is -0.332. The van der Waals surface area contributed by atoms with Crippen molar-refractivity contribution in [2.45, 2.75) is 13.8 Å². The average molecular weight is 203 g/mol. The van der Waals surface area contributed by atoms with Crippen molar-refractivity contribution >= 4 is 34.2 Å². The molecule has 0 aromatic rings. The quantitative estimate of drug-likeness (QED) is 0.511. The minimum absolute atomic E-state index is 0.187. The molecule has 1 saturated heterocycles. The van der Waals surface area contributed by atoms with E-state index in [1.165, 1.54) is 16.7 Å². The molecule has 0 aromatic heterocycles. The molecule has 0 bridgehead atoms. The first-order chi connectivity index (χ1) is 5.57. The third kappa shape index (κ3) is 1.53. The number of amides is 1. The van der Waals surface area contributed by atoms with Crippen LogP contribution >= 0.6 is 24.0 Å². The summed E-state index contributed by atoms with van der Waals surface area (Å²) in [4.78, 5) is 13.2. The summed E-state index contributed by atoms with van der Waals surface area (Å²) in [6.45, 7) is 3.37. The van der Waals surface area contributed by atoms with E-state index in [1.807, 2.05) is 13.8 Å². The topological polar surface area (TPSA) is 40.5 Å². The van der Waals surface area contributed by atoms with Gasteiger partial charge in [-0.3, -0.25) is 9.69 Å². The molecule has 1 N–H and O–H groups in total. The lowest BCUT2D eigenvalue weighted by molar-refractivity contribution is -0.124. The van der Waals surface area contributed by atoms with Gasteiger partial charge in [0.05, 0.1) is 4.91 Å². The lowest BCUT2D eigenvalue weighted by Crippen LogP contribution is -2.28. The van der Waals surface area contributed by atoms with E-state index in [9.17, 15) is 4.79 Å². The Balaban J connectivity index is 2.98. The van der Waals surface area contributed by atoms with E-state index >= 15 is 0 Å². The summed E-state index contributed by atoms with van der Waals surface area (Å²) >= 11 is 6.13. The average Bonchev–Trinajstić information content (AvgIpc) is 2.27. The molecular weight excluding hydrogens is 194 g/mol. The Morgan fingerprint density at radius 2 is 2.25 bits per heavy atom. The zero-order chi connectivity index (χ0) is 9.30. The fraction of sp³-hybridized carbons (Fsp3) is 0.429. The standard InChI is InChI=1S/C7H9NO2S2/c1-4(2)5-6(10)8(3-9)7(11)12-5/h9H,3H2,1-2H3. The third-order valence-electron chi connectivity index (χ3n) is 1.44. The summed E-state index contributed by atoms with van der Waals surface area (Å²) in [6, 6.07) is 0. The van der Waals surface area contributed by atoms with Gasteiger partial charge in [-0.15, -0.1) is 0 Å². The highest BCUT2D eigenvalue weighted by atomic mass is 32.2. The van der Waals surface area contributed by atoms with Crippen LogP contribution in [0.2, 0.25) is 0 Å². The molecule has 1 heterocycles. The molecule has 3 nitrogen and oxygen atoms in total. The summed E-state index contributed by atoms with van der Waals surface area (Å²) in [5.41, 5.74) is 0.934. The molecule has 1 aliphatic heterocycles. The number of hydrogen-bond donors (Lipinski definition) is 1. The molecule has 0 unspecified atom stereocenters. The highest BCUT2D eigenvalue weighted by Crippen LogP contribution is 2.32. The van der Waals surface area contributed by atoms with Gasteiger partial charge >= 0.3 is 0 Å². The number of allylic oxidation sites excluding steroid dienone is 1. The lowest BCUT2D eigenvalue weighted by atomic mass is 10.3. The number of nitrogens with zero attached hydrogens (tertiary/aromatic N) is 1. The van der Waals surface area contributed by atoms with Crippen LogP contribution in [0, 0.1) is 0 Å². The number of aliphatic hydroxyl groups excluding tert-OH is 1. The van der Waals surface area contributed by atoms with Crippen LogP contribution in [0.5, 0.6) is 0 Å². The molecule has 0 aliphatic carbocycles.